The minimum absolute atomic E-state index is 0.0932. The maximum Gasteiger partial charge on any atom is 0.313 e. The van der Waals surface area contributed by atoms with Gasteiger partial charge in [0.15, 0.2) is 16.1 Å². The van der Waals surface area contributed by atoms with E-state index in [1.807, 2.05) is 0 Å². The molecule has 0 aliphatic carbocycles. The summed E-state index contributed by atoms with van der Waals surface area (Å²) in [5, 5.41) is 17.5. The number of methoxy groups -OCH3 is 1. The van der Waals surface area contributed by atoms with Crippen LogP contribution in [0.4, 0.5) is 0 Å². The number of halogens is 1. The largest absolute Gasteiger partial charge is 0.481 e. The molecule has 0 bridgehead atoms. The standard InChI is InChI=1S/C11H12ClN3O4S/c1-18-5-4-15-10(7-2-3-8(12)19-7)13-14-11(15)20-6-9(16)17/h2-3H,4-6H2,1H3,(H,16,17). The summed E-state index contributed by atoms with van der Waals surface area (Å²) >= 11 is 6.83. The minimum Gasteiger partial charge on any atom is -0.481 e. The maximum absolute atomic E-state index is 10.6. The van der Waals surface area contributed by atoms with Crippen molar-refractivity contribution < 1.29 is 19.1 Å². The van der Waals surface area contributed by atoms with Crippen molar-refractivity contribution in [2.45, 2.75) is 11.7 Å². The third-order valence-electron chi connectivity index (χ3n) is 2.35. The van der Waals surface area contributed by atoms with Crippen LogP contribution in [-0.4, -0.2) is 45.3 Å². The van der Waals surface area contributed by atoms with Gasteiger partial charge in [-0.15, -0.1) is 10.2 Å². The van der Waals surface area contributed by atoms with Crippen LogP contribution >= 0.6 is 23.4 Å². The average Bonchev–Trinajstić information content (AvgIpc) is 2.99. The first-order valence-electron chi connectivity index (χ1n) is 5.64. The molecule has 2 rings (SSSR count). The topological polar surface area (TPSA) is 90.4 Å². The lowest BCUT2D eigenvalue weighted by Crippen LogP contribution is -2.08. The first-order chi connectivity index (χ1) is 9.61. The van der Waals surface area contributed by atoms with E-state index >= 15 is 0 Å². The fourth-order valence-corrected chi connectivity index (χ4v) is 2.35. The fraction of sp³-hybridized carbons (Fsp3) is 0.364. The number of thioether (sulfide) groups is 1. The molecular weight excluding hydrogens is 306 g/mol. The second kappa shape index (κ2) is 6.78. The van der Waals surface area contributed by atoms with Crippen LogP contribution in [0, 0.1) is 0 Å². The van der Waals surface area contributed by atoms with Crippen LogP contribution in [0.5, 0.6) is 0 Å². The van der Waals surface area contributed by atoms with E-state index in [1.54, 1.807) is 23.8 Å². The van der Waals surface area contributed by atoms with Crippen molar-refractivity contribution in [2.75, 3.05) is 19.5 Å². The van der Waals surface area contributed by atoms with Crippen molar-refractivity contribution in [3.8, 4) is 11.6 Å². The third kappa shape index (κ3) is 3.53. The highest BCUT2D eigenvalue weighted by atomic mass is 35.5. The van der Waals surface area contributed by atoms with Gasteiger partial charge >= 0.3 is 5.97 Å². The number of carboxylic acids is 1. The van der Waals surface area contributed by atoms with Gasteiger partial charge in [0.25, 0.3) is 0 Å². The van der Waals surface area contributed by atoms with E-state index in [0.717, 1.165) is 11.8 Å². The molecule has 9 heteroatoms. The highest BCUT2D eigenvalue weighted by molar-refractivity contribution is 7.99. The monoisotopic (exact) mass is 317 g/mol. The number of rotatable bonds is 7. The van der Waals surface area contributed by atoms with E-state index in [-0.39, 0.29) is 11.0 Å². The number of aliphatic carboxylic acids is 1. The molecule has 2 aromatic rings. The predicted octanol–water partition coefficient (Wildman–Crippen LogP) is 2.01. The van der Waals surface area contributed by atoms with Crippen LogP contribution in [-0.2, 0) is 16.1 Å². The SMILES string of the molecule is COCCn1c(SCC(=O)O)nnc1-c1ccc(Cl)o1. The Balaban J connectivity index is 2.28. The summed E-state index contributed by atoms with van der Waals surface area (Å²) in [7, 11) is 1.58. The van der Waals surface area contributed by atoms with Gasteiger partial charge in [0.1, 0.15) is 0 Å². The van der Waals surface area contributed by atoms with Crippen molar-refractivity contribution in [2.24, 2.45) is 0 Å². The Bertz CT molecular complexity index is 598. The molecule has 2 aromatic heterocycles. The van der Waals surface area contributed by atoms with E-state index < -0.39 is 5.97 Å². The molecular formula is C11H12ClN3O4S. The lowest BCUT2D eigenvalue weighted by Gasteiger charge is -2.07. The summed E-state index contributed by atoms with van der Waals surface area (Å²) in [6.45, 7) is 0.930. The average molecular weight is 318 g/mol. The summed E-state index contributed by atoms with van der Waals surface area (Å²) in [6, 6.07) is 3.29. The van der Waals surface area contributed by atoms with Gasteiger partial charge in [0.05, 0.1) is 18.9 Å². The molecule has 7 nitrogen and oxygen atoms in total. The lowest BCUT2D eigenvalue weighted by molar-refractivity contribution is -0.133. The molecule has 2 heterocycles. The number of furan rings is 1. The van der Waals surface area contributed by atoms with Crippen LogP contribution in [0.2, 0.25) is 5.22 Å². The van der Waals surface area contributed by atoms with Crippen molar-refractivity contribution in [1.82, 2.24) is 14.8 Å². The van der Waals surface area contributed by atoms with E-state index in [0.29, 0.717) is 29.9 Å². The summed E-state index contributed by atoms with van der Waals surface area (Å²) in [4.78, 5) is 10.6. The van der Waals surface area contributed by atoms with Gasteiger partial charge in [-0.1, -0.05) is 11.8 Å². The fourth-order valence-electron chi connectivity index (χ4n) is 1.52. The van der Waals surface area contributed by atoms with Gasteiger partial charge in [-0.05, 0) is 23.7 Å². The first kappa shape index (κ1) is 14.9. The summed E-state index contributed by atoms with van der Waals surface area (Å²) < 4.78 is 12.1. The number of carbonyl (C=O) groups is 1. The van der Waals surface area contributed by atoms with Crippen LogP contribution < -0.4 is 0 Å². The van der Waals surface area contributed by atoms with Crippen LogP contribution in [0.3, 0.4) is 0 Å². The molecule has 0 fully saturated rings. The van der Waals surface area contributed by atoms with Crippen molar-refractivity contribution >= 4 is 29.3 Å². The number of aromatic nitrogens is 3. The number of hydrogen-bond acceptors (Lipinski definition) is 6. The molecule has 0 atom stereocenters. The second-order valence-electron chi connectivity index (χ2n) is 3.74. The van der Waals surface area contributed by atoms with Crippen molar-refractivity contribution in [1.29, 1.82) is 0 Å². The molecule has 0 aromatic carbocycles. The van der Waals surface area contributed by atoms with E-state index in [1.165, 1.54) is 0 Å². The van der Waals surface area contributed by atoms with Gasteiger partial charge in [-0.3, -0.25) is 9.36 Å². The zero-order valence-electron chi connectivity index (χ0n) is 10.6. The van der Waals surface area contributed by atoms with E-state index in [4.69, 9.17) is 25.9 Å². The Kier molecular flexibility index (Phi) is 5.05. The Morgan fingerprint density at radius 2 is 2.35 bits per heavy atom. The van der Waals surface area contributed by atoms with Crippen molar-refractivity contribution in [3.63, 3.8) is 0 Å². The predicted molar refractivity (Wildman–Crippen MR) is 73.0 cm³/mol. The second-order valence-corrected chi connectivity index (χ2v) is 5.05. The smallest absolute Gasteiger partial charge is 0.313 e. The minimum atomic E-state index is -0.918. The van der Waals surface area contributed by atoms with E-state index in [2.05, 4.69) is 10.2 Å². The molecule has 0 aliphatic rings. The molecule has 0 amide bonds. The van der Waals surface area contributed by atoms with Crippen molar-refractivity contribution in [3.05, 3.63) is 17.4 Å². The zero-order valence-corrected chi connectivity index (χ0v) is 12.1. The number of hydrogen-bond donors (Lipinski definition) is 1. The van der Waals surface area contributed by atoms with Gasteiger partial charge in [-0.25, -0.2) is 0 Å². The quantitative estimate of drug-likeness (QED) is 0.781. The van der Waals surface area contributed by atoms with Gasteiger partial charge in [0.2, 0.25) is 5.82 Å². The molecule has 0 radical (unpaired) electrons. The van der Waals surface area contributed by atoms with Gasteiger partial charge < -0.3 is 14.3 Å². The van der Waals surface area contributed by atoms with Crippen LogP contribution in [0.1, 0.15) is 0 Å². The maximum atomic E-state index is 10.6. The summed E-state index contributed by atoms with van der Waals surface area (Å²) in [5.74, 6) is -0.0502. The molecule has 108 valence electrons. The molecule has 0 aliphatic heterocycles. The Morgan fingerprint density at radius 1 is 1.55 bits per heavy atom. The summed E-state index contributed by atoms with van der Waals surface area (Å²) in [5.41, 5.74) is 0. The molecule has 0 saturated carbocycles. The number of carboxylic acid groups (broad SMARTS) is 1. The highest BCUT2D eigenvalue weighted by Gasteiger charge is 2.17. The molecule has 1 N–H and O–H groups in total. The highest BCUT2D eigenvalue weighted by Crippen LogP contribution is 2.26. The first-order valence-corrected chi connectivity index (χ1v) is 7.00. The Labute approximate surface area is 123 Å². The third-order valence-corrected chi connectivity index (χ3v) is 3.51. The lowest BCUT2D eigenvalue weighted by atomic mass is 10.4. The molecule has 0 saturated heterocycles. The van der Waals surface area contributed by atoms with Crippen LogP contribution in [0.25, 0.3) is 11.6 Å². The Hall–Kier alpha value is -1.51. The molecule has 20 heavy (non-hydrogen) atoms. The van der Waals surface area contributed by atoms with E-state index in [9.17, 15) is 4.79 Å². The van der Waals surface area contributed by atoms with Gasteiger partial charge in [-0.2, -0.15) is 0 Å². The normalized spacial score (nSPS) is 10.9. The number of ether oxygens (including phenoxy) is 1. The molecule has 0 unspecified atom stereocenters. The van der Waals surface area contributed by atoms with Gasteiger partial charge in [0, 0.05) is 7.11 Å². The Morgan fingerprint density at radius 3 is 2.95 bits per heavy atom. The zero-order chi connectivity index (χ0) is 14.5. The summed E-state index contributed by atoms with van der Waals surface area (Å²) in [6.07, 6.45) is 0. The molecule has 0 spiro atoms. The number of nitrogens with zero attached hydrogens (tertiary/aromatic N) is 3. The van der Waals surface area contributed by atoms with Crippen LogP contribution in [0.15, 0.2) is 21.7 Å².